The average Bonchev–Trinajstić information content (AvgIpc) is 2.30. The Labute approximate surface area is 99.9 Å². The third-order valence-electron chi connectivity index (χ3n) is 1.81. The van der Waals surface area contributed by atoms with Crippen LogP contribution in [0.4, 0.5) is 8.78 Å². The minimum absolute atomic E-state index is 0.270. The first kappa shape index (κ1) is 13.2. The molecule has 1 aromatic rings. The van der Waals surface area contributed by atoms with Crippen LogP contribution >= 0.6 is 11.6 Å². The first-order valence-corrected chi connectivity index (χ1v) is 4.72. The van der Waals surface area contributed by atoms with Crippen LogP contribution in [-0.2, 0) is 0 Å². The molecular weight excluding hydrogens is 256 g/mol. The minimum atomic E-state index is -0.964. The normalized spacial score (nSPS) is 11.4. The summed E-state index contributed by atoms with van der Waals surface area (Å²) in [5, 5.41) is 12.5. The Balaban J connectivity index is 2.86. The number of hydrogen-bond acceptors (Lipinski definition) is 3. The number of nitrogens with two attached hydrogens (primary N) is 1. The molecule has 0 aliphatic carbocycles. The second-order valence-corrected chi connectivity index (χ2v) is 3.43. The van der Waals surface area contributed by atoms with Crippen molar-refractivity contribution in [3.8, 4) is 0 Å². The maximum atomic E-state index is 13.3. The topological polar surface area (TPSA) is 87.7 Å². The van der Waals surface area contributed by atoms with Crippen molar-refractivity contribution in [1.82, 2.24) is 5.32 Å². The molecule has 8 heteroatoms. The number of carbonyl (C=O) groups is 1. The summed E-state index contributed by atoms with van der Waals surface area (Å²) in [6.07, 6.45) is 0. The van der Waals surface area contributed by atoms with Gasteiger partial charge in [0.2, 0.25) is 0 Å². The van der Waals surface area contributed by atoms with E-state index in [1.807, 2.05) is 0 Å². The van der Waals surface area contributed by atoms with E-state index in [9.17, 15) is 13.6 Å². The molecule has 0 saturated carbocycles. The lowest BCUT2D eigenvalue weighted by atomic mass is 10.2. The molecule has 0 fully saturated rings. The van der Waals surface area contributed by atoms with E-state index in [2.05, 4.69) is 10.5 Å². The molecule has 0 atom stereocenters. The fraction of sp³-hybridized carbons (Fsp3) is 0.111. The molecule has 0 bridgehead atoms. The van der Waals surface area contributed by atoms with E-state index in [0.717, 1.165) is 0 Å². The quantitative estimate of drug-likeness (QED) is 0.251. The van der Waals surface area contributed by atoms with E-state index in [1.165, 1.54) is 0 Å². The van der Waals surface area contributed by atoms with E-state index in [4.69, 9.17) is 22.5 Å². The number of halogens is 3. The summed E-state index contributed by atoms with van der Waals surface area (Å²) in [6.45, 7) is -0.293. The fourth-order valence-corrected chi connectivity index (χ4v) is 1.15. The number of benzene rings is 1. The summed E-state index contributed by atoms with van der Waals surface area (Å²) in [5.74, 6) is -3.05. The van der Waals surface area contributed by atoms with Gasteiger partial charge in [-0.1, -0.05) is 16.8 Å². The highest BCUT2D eigenvalue weighted by atomic mass is 35.5. The summed E-state index contributed by atoms with van der Waals surface area (Å²) in [7, 11) is 0. The number of amides is 1. The van der Waals surface area contributed by atoms with Crippen molar-refractivity contribution >= 4 is 23.3 Å². The number of oxime groups is 1. The number of amidine groups is 1. The summed E-state index contributed by atoms with van der Waals surface area (Å²) in [4.78, 5) is 11.4. The summed E-state index contributed by atoms with van der Waals surface area (Å²) < 4.78 is 26.3. The van der Waals surface area contributed by atoms with Crippen LogP contribution in [0.1, 0.15) is 10.4 Å². The predicted octanol–water partition coefficient (Wildman–Crippen LogP) is 1.09. The van der Waals surface area contributed by atoms with Crippen molar-refractivity contribution in [2.45, 2.75) is 0 Å². The van der Waals surface area contributed by atoms with Crippen LogP contribution in [0.25, 0.3) is 0 Å². The van der Waals surface area contributed by atoms with Crippen LogP contribution < -0.4 is 11.1 Å². The molecule has 1 rings (SSSR count). The van der Waals surface area contributed by atoms with Crippen molar-refractivity contribution in [1.29, 1.82) is 0 Å². The van der Waals surface area contributed by atoms with E-state index in [1.54, 1.807) is 0 Å². The average molecular weight is 264 g/mol. The van der Waals surface area contributed by atoms with Gasteiger partial charge < -0.3 is 16.3 Å². The van der Waals surface area contributed by atoms with Crippen LogP contribution in [0.2, 0.25) is 5.02 Å². The Morgan fingerprint density at radius 2 is 2.12 bits per heavy atom. The molecule has 92 valence electrons. The van der Waals surface area contributed by atoms with Crippen molar-refractivity contribution in [3.05, 3.63) is 34.4 Å². The lowest BCUT2D eigenvalue weighted by Crippen LogP contribution is -2.34. The Morgan fingerprint density at radius 3 is 2.71 bits per heavy atom. The van der Waals surface area contributed by atoms with Gasteiger partial charge in [-0.2, -0.15) is 0 Å². The zero-order valence-corrected chi connectivity index (χ0v) is 9.13. The van der Waals surface area contributed by atoms with Gasteiger partial charge in [-0.05, 0) is 12.1 Å². The third-order valence-corrected chi connectivity index (χ3v) is 2.10. The van der Waals surface area contributed by atoms with E-state index >= 15 is 0 Å². The van der Waals surface area contributed by atoms with Gasteiger partial charge in [0.1, 0.15) is 11.6 Å². The highest BCUT2D eigenvalue weighted by Gasteiger charge is 2.15. The van der Waals surface area contributed by atoms with Gasteiger partial charge >= 0.3 is 0 Å². The van der Waals surface area contributed by atoms with Crippen molar-refractivity contribution in [3.63, 3.8) is 0 Å². The zero-order valence-electron chi connectivity index (χ0n) is 8.38. The number of rotatable bonds is 3. The van der Waals surface area contributed by atoms with Crippen LogP contribution in [0.15, 0.2) is 17.3 Å². The Hall–Kier alpha value is -1.89. The van der Waals surface area contributed by atoms with Gasteiger partial charge in [-0.15, -0.1) is 0 Å². The van der Waals surface area contributed by atoms with Gasteiger partial charge in [0.15, 0.2) is 5.84 Å². The Kier molecular flexibility index (Phi) is 4.22. The molecule has 0 aliphatic heterocycles. The van der Waals surface area contributed by atoms with Gasteiger partial charge in [-0.3, -0.25) is 4.79 Å². The minimum Gasteiger partial charge on any atom is -0.409 e. The van der Waals surface area contributed by atoms with Crippen LogP contribution in [-0.4, -0.2) is 23.5 Å². The smallest absolute Gasteiger partial charge is 0.254 e. The van der Waals surface area contributed by atoms with Crippen LogP contribution in [0.3, 0.4) is 0 Å². The molecule has 0 aliphatic rings. The molecule has 1 amide bonds. The van der Waals surface area contributed by atoms with Gasteiger partial charge in [0.05, 0.1) is 17.1 Å². The summed E-state index contributed by atoms with van der Waals surface area (Å²) in [5.41, 5.74) is 4.57. The molecule has 0 aromatic heterocycles. The molecule has 0 radical (unpaired) electrons. The lowest BCUT2D eigenvalue weighted by Gasteiger charge is -2.05. The molecule has 0 spiro atoms. The fourth-order valence-electron chi connectivity index (χ4n) is 0.998. The van der Waals surface area contributed by atoms with Gasteiger partial charge in [0.25, 0.3) is 5.91 Å². The van der Waals surface area contributed by atoms with Crippen molar-refractivity contribution in [2.24, 2.45) is 10.9 Å². The standard InChI is InChI=1S/C9H8ClF2N3O2/c10-5-2-6(11)4(1-7(5)12)9(16)14-3-8(13)15-17/h1-2,17H,3H2,(H2,13,15)(H,14,16). The second kappa shape index (κ2) is 5.44. The maximum Gasteiger partial charge on any atom is 0.254 e. The number of hydrogen-bond donors (Lipinski definition) is 3. The molecule has 4 N–H and O–H groups in total. The first-order chi connectivity index (χ1) is 7.95. The highest BCUT2D eigenvalue weighted by Crippen LogP contribution is 2.19. The van der Waals surface area contributed by atoms with Crippen molar-refractivity contribution in [2.75, 3.05) is 6.54 Å². The Bertz CT molecular complexity index is 480. The molecule has 5 nitrogen and oxygen atoms in total. The molecule has 0 heterocycles. The van der Waals surface area contributed by atoms with Crippen molar-refractivity contribution < 1.29 is 18.8 Å². The lowest BCUT2D eigenvalue weighted by molar-refractivity contribution is 0.0954. The third kappa shape index (κ3) is 3.28. The summed E-state index contributed by atoms with van der Waals surface area (Å²) >= 11 is 5.32. The number of nitrogens with one attached hydrogen (secondary N) is 1. The predicted molar refractivity (Wildman–Crippen MR) is 57.1 cm³/mol. The molecule has 1 aromatic carbocycles. The second-order valence-electron chi connectivity index (χ2n) is 3.02. The number of carbonyl (C=O) groups excluding carboxylic acids is 1. The van der Waals surface area contributed by atoms with E-state index in [-0.39, 0.29) is 12.4 Å². The van der Waals surface area contributed by atoms with Gasteiger partial charge in [-0.25, -0.2) is 8.78 Å². The molecular formula is C9H8ClF2N3O2. The van der Waals surface area contributed by atoms with Crippen LogP contribution in [0.5, 0.6) is 0 Å². The van der Waals surface area contributed by atoms with Crippen LogP contribution in [0, 0.1) is 11.6 Å². The molecule has 0 unspecified atom stereocenters. The largest absolute Gasteiger partial charge is 0.409 e. The first-order valence-electron chi connectivity index (χ1n) is 4.35. The SMILES string of the molecule is N/C(CNC(=O)c1cc(F)c(Cl)cc1F)=N/O. The summed E-state index contributed by atoms with van der Waals surface area (Å²) in [6, 6.07) is 1.36. The number of nitrogens with zero attached hydrogens (tertiary/aromatic N) is 1. The highest BCUT2D eigenvalue weighted by molar-refractivity contribution is 6.30. The zero-order chi connectivity index (χ0) is 13.0. The molecule has 17 heavy (non-hydrogen) atoms. The van der Waals surface area contributed by atoms with E-state index < -0.39 is 28.1 Å². The maximum absolute atomic E-state index is 13.3. The molecule has 0 saturated heterocycles. The van der Waals surface area contributed by atoms with E-state index in [0.29, 0.717) is 12.1 Å². The Morgan fingerprint density at radius 1 is 1.47 bits per heavy atom. The van der Waals surface area contributed by atoms with Gasteiger partial charge in [0, 0.05) is 0 Å². The monoisotopic (exact) mass is 263 g/mol.